The van der Waals surface area contributed by atoms with Crippen LogP contribution in [0, 0.1) is 0 Å². The minimum atomic E-state index is -0.326. The van der Waals surface area contributed by atoms with Gasteiger partial charge in [-0.25, -0.2) is 9.78 Å². The van der Waals surface area contributed by atoms with Gasteiger partial charge in [0.1, 0.15) is 15.7 Å². The van der Waals surface area contributed by atoms with E-state index in [0.29, 0.717) is 40.2 Å². The van der Waals surface area contributed by atoms with Gasteiger partial charge in [-0.05, 0) is 43.0 Å². The number of nitrogen functional groups attached to an aromatic ring is 1. The van der Waals surface area contributed by atoms with Crippen molar-refractivity contribution >= 4 is 43.9 Å². The molecule has 0 spiro atoms. The number of hydrogen-bond donors (Lipinski definition) is 2. The average Bonchev–Trinajstić information content (AvgIpc) is 3.39. The van der Waals surface area contributed by atoms with E-state index in [4.69, 9.17) is 10.5 Å². The predicted molar refractivity (Wildman–Crippen MR) is 136 cm³/mol. The van der Waals surface area contributed by atoms with Gasteiger partial charge in [0.2, 0.25) is 0 Å². The number of hydrogen-bond acceptors (Lipinski definition) is 8. The molecule has 0 aliphatic carbocycles. The van der Waals surface area contributed by atoms with Crippen molar-refractivity contribution < 1.29 is 9.53 Å². The first-order chi connectivity index (χ1) is 15.7. The highest BCUT2D eigenvalue weighted by atomic mass is 32.1. The van der Waals surface area contributed by atoms with E-state index in [1.165, 1.54) is 16.2 Å². The van der Waals surface area contributed by atoms with Gasteiger partial charge in [0.25, 0.3) is 5.56 Å². The Morgan fingerprint density at radius 1 is 1.09 bits per heavy atom. The molecule has 4 heterocycles. The van der Waals surface area contributed by atoms with Crippen LogP contribution in [0.3, 0.4) is 0 Å². The van der Waals surface area contributed by atoms with E-state index < -0.39 is 0 Å². The summed E-state index contributed by atoms with van der Waals surface area (Å²) >= 11 is 3.04. The van der Waals surface area contributed by atoms with E-state index in [1.54, 1.807) is 30.7 Å². The number of ether oxygens (including phenoxy) is 1. The van der Waals surface area contributed by atoms with Gasteiger partial charge in [0, 0.05) is 27.7 Å². The summed E-state index contributed by atoms with van der Waals surface area (Å²) < 4.78 is 4.89. The Bertz CT molecular complexity index is 1290. The Labute approximate surface area is 200 Å². The Kier molecular flexibility index (Phi) is 7.99. The molecule has 0 saturated carbocycles. The number of aromatic nitrogens is 3. The van der Waals surface area contributed by atoms with Crippen molar-refractivity contribution in [1.82, 2.24) is 15.0 Å². The zero-order valence-electron chi connectivity index (χ0n) is 19.3. The summed E-state index contributed by atoms with van der Waals surface area (Å²) in [5.41, 5.74) is 7.01. The van der Waals surface area contributed by atoms with Crippen LogP contribution in [-0.2, 0) is 4.74 Å². The van der Waals surface area contributed by atoms with Crippen LogP contribution in [-0.4, -0.2) is 27.5 Å². The highest BCUT2D eigenvalue weighted by Crippen LogP contribution is 2.31. The second kappa shape index (κ2) is 10.7. The van der Waals surface area contributed by atoms with Gasteiger partial charge in [-0.15, -0.1) is 22.7 Å². The van der Waals surface area contributed by atoms with Crippen LogP contribution in [0.2, 0.25) is 0 Å². The van der Waals surface area contributed by atoms with Gasteiger partial charge in [-0.3, -0.25) is 9.78 Å². The van der Waals surface area contributed by atoms with Crippen LogP contribution < -0.4 is 11.3 Å². The molecule has 7 nitrogen and oxygen atoms in total. The fraction of sp³-hybridized carbons (Fsp3) is 0.333. The van der Waals surface area contributed by atoms with Crippen molar-refractivity contribution in [3.63, 3.8) is 0 Å². The minimum absolute atomic E-state index is 0.0834. The number of nitrogens with two attached hydrogens (primary N) is 1. The molecule has 0 bridgehead atoms. The number of esters is 1. The summed E-state index contributed by atoms with van der Waals surface area (Å²) in [6, 6.07) is 7.43. The molecule has 0 aromatic carbocycles. The third-order valence-electron chi connectivity index (χ3n) is 4.79. The van der Waals surface area contributed by atoms with E-state index in [-0.39, 0.29) is 11.5 Å². The highest BCUT2D eigenvalue weighted by molar-refractivity contribution is 7.18. The van der Waals surface area contributed by atoms with E-state index in [0.717, 1.165) is 15.3 Å². The summed E-state index contributed by atoms with van der Waals surface area (Å²) in [6.07, 6.45) is 3.38. The van der Waals surface area contributed by atoms with Gasteiger partial charge in [-0.2, -0.15) is 0 Å². The molecule has 4 aromatic heterocycles. The first kappa shape index (κ1) is 24.6. The standard InChI is InChI=1S/C14H13N3OS.C10H15NO2S/c1-8(2)11-7-10-13(18)16-12(17-14(10)19-11)9-3-5-15-6-4-9;1-4-13-10(12)7-5-8(6(2)3)14-9(7)11/h3-8H,1-2H3,(H,16,17,18);5-6H,4,11H2,1-3H3. The molecule has 4 aromatic rings. The van der Waals surface area contributed by atoms with Gasteiger partial charge < -0.3 is 15.5 Å². The van der Waals surface area contributed by atoms with Gasteiger partial charge >= 0.3 is 5.97 Å². The minimum Gasteiger partial charge on any atom is -0.462 e. The first-order valence-corrected chi connectivity index (χ1v) is 12.3. The number of nitrogens with zero attached hydrogens (tertiary/aromatic N) is 2. The topological polar surface area (TPSA) is 111 Å². The molecule has 9 heteroatoms. The van der Waals surface area contributed by atoms with E-state index in [2.05, 4.69) is 42.6 Å². The van der Waals surface area contributed by atoms with Gasteiger partial charge in [-0.1, -0.05) is 27.7 Å². The molecule has 174 valence electrons. The van der Waals surface area contributed by atoms with Crippen molar-refractivity contribution in [2.75, 3.05) is 12.3 Å². The number of carbonyl (C=O) groups is 1. The third-order valence-corrected chi connectivity index (χ3v) is 7.38. The zero-order chi connectivity index (χ0) is 24.1. The zero-order valence-corrected chi connectivity index (χ0v) is 21.0. The Morgan fingerprint density at radius 3 is 2.30 bits per heavy atom. The van der Waals surface area contributed by atoms with Crippen LogP contribution in [0.15, 0.2) is 41.5 Å². The van der Waals surface area contributed by atoms with Crippen LogP contribution >= 0.6 is 22.7 Å². The molecule has 0 amide bonds. The molecular formula is C24H28N4O3S2. The lowest BCUT2D eigenvalue weighted by molar-refractivity contribution is 0.0528. The fourth-order valence-corrected chi connectivity index (χ4v) is 4.91. The van der Waals surface area contributed by atoms with Crippen LogP contribution in [0.1, 0.15) is 66.6 Å². The SMILES string of the molecule is CC(C)c1cc2c(=O)[nH]c(-c3ccncc3)nc2s1.CCOC(=O)c1cc(C(C)C)sc1N. The first-order valence-electron chi connectivity index (χ1n) is 10.7. The fourth-order valence-electron chi connectivity index (χ4n) is 2.96. The molecule has 0 unspecified atom stereocenters. The molecule has 3 N–H and O–H groups in total. The predicted octanol–water partition coefficient (Wildman–Crippen LogP) is 5.80. The number of rotatable bonds is 5. The molecule has 0 fully saturated rings. The third kappa shape index (κ3) is 5.85. The smallest absolute Gasteiger partial charge is 0.341 e. The quantitative estimate of drug-likeness (QED) is 0.346. The lowest BCUT2D eigenvalue weighted by Crippen LogP contribution is -2.07. The Morgan fingerprint density at radius 2 is 1.73 bits per heavy atom. The highest BCUT2D eigenvalue weighted by Gasteiger charge is 2.16. The molecule has 0 aliphatic rings. The normalized spacial score (nSPS) is 11.0. The van der Waals surface area contributed by atoms with Crippen molar-refractivity contribution in [3.05, 3.63) is 62.3 Å². The van der Waals surface area contributed by atoms with E-state index in [9.17, 15) is 9.59 Å². The number of carbonyl (C=O) groups excluding carboxylic acids is 1. The number of thiophene rings is 2. The number of fused-ring (bicyclic) bond motifs is 1. The van der Waals surface area contributed by atoms with Crippen molar-refractivity contribution in [2.45, 2.75) is 46.5 Å². The number of aromatic amines is 1. The number of H-pyrrole nitrogens is 1. The maximum Gasteiger partial charge on any atom is 0.341 e. The molecule has 0 aliphatic heterocycles. The second-order valence-corrected chi connectivity index (χ2v) is 10.2. The van der Waals surface area contributed by atoms with Crippen LogP contribution in [0.4, 0.5) is 5.00 Å². The lowest BCUT2D eigenvalue weighted by atomic mass is 10.1. The second-order valence-electron chi connectivity index (χ2n) is 7.97. The molecule has 4 rings (SSSR count). The Balaban J connectivity index is 0.000000196. The lowest BCUT2D eigenvalue weighted by Gasteiger charge is -1.99. The maximum absolute atomic E-state index is 12.1. The largest absolute Gasteiger partial charge is 0.462 e. The van der Waals surface area contributed by atoms with Crippen molar-refractivity contribution in [3.8, 4) is 11.4 Å². The van der Waals surface area contributed by atoms with Crippen LogP contribution in [0.5, 0.6) is 0 Å². The summed E-state index contributed by atoms with van der Waals surface area (Å²) in [6.45, 7) is 10.5. The number of nitrogens with one attached hydrogen (secondary N) is 1. The average molecular weight is 485 g/mol. The monoisotopic (exact) mass is 484 g/mol. The molecule has 0 radical (unpaired) electrons. The molecular weight excluding hydrogens is 456 g/mol. The van der Waals surface area contributed by atoms with Crippen LogP contribution in [0.25, 0.3) is 21.6 Å². The van der Waals surface area contributed by atoms with E-state index >= 15 is 0 Å². The van der Waals surface area contributed by atoms with E-state index in [1.807, 2.05) is 24.3 Å². The number of anilines is 1. The summed E-state index contributed by atoms with van der Waals surface area (Å²) in [4.78, 5) is 37.9. The molecule has 0 atom stereocenters. The molecule has 0 saturated heterocycles. The summed E-state index contributed by atoms with van der Waals surface area (Å²) in [5, 5.41) is 1.22. The molecule has 33 heavy (non-hydrogen) atoms. The van der Waals surface area contributed by atoms with Gasteiger partial charge in [0.15, 0.2) is 0 Å². The van der Waals surface area contributed by atoms with Crippen molar-refractivity contribution in [2.24, 2.45) is 0 Å². The Hall–Kier alpha value is -3.04. The number of pyridine rings is 1. The van der Waals surface area contributed by atoms with Gasteiger partial charge in [0.05, 0.1) is 17.6 Å². The maximum atomic E-state index is 12.1. The summed E-state index contributed by atoms with van der Waals surface area (Å²) in [7, 11) is 0. The summed E-state index contributed by atoms with van der Waals surface area (Å²) in [5.74, 6) is 1.07. The van der Waals surface area contributed by atoms with Crippen molar-refractivity contribution in [1.29, 1.82) is 0 Å².